The van der Waals surface area contributed by atoms with Crippen LogP contribution in [-0.4, -0.2) is 17.4 Å². The van der Waals surface area contributed by atoms with Crippen molar-refractivity contribution in [1.29, 1.82) is 0 Å². The molecule has 1 amide bonds. The molecule has 0 aliphatic heterocycles. The lowest BCUT2D eigenvalue weighted by Gasteiger charge is -2.23. The van der Waals surface area contributed by atoms with E-state index in [2.05, 4.69) is 23.3 Å². The summed E-state index contributed by atoms with van der Waals surface area (Å²) < 4.78 is 27.1. The van der Waals surface area contributed by atoms with E-state index < -0.39 is 5.41 Å². The van der Waals surface area contributed by atoms with Crippen molar-refractivity contribution >= 4 is 5.91 Å². The van der Waals surface area contributed by atoms with Crippen molar-refractivity contribution in [2.75, 3.05) is 6.54 Å². The minimum Gasteiger partial charge on any atom is -0.353 e. The molecular weight excluding hydrogens is 418 g/mol. The van der Waals surface area contributed by atoms with E-state index in [0.717, 1.165) is 36.8 Å². The Kier molecular flexibility index (Phi) is 6.68. The monoisotopic (exact) mass is 446 g/mol. The second-order valence-corrected chi connectivity index (χ2v) is 8.96. The van der Waals surface area contributed by atoms with Crippen LogP contribution in [0.4, 0.5) is 8.78 Å². The van der Waals surface area contributed by atoms with Crippen molar-refractivity contribution in [3.63, 3.8) is 0 Å². The molecule has 1 aromatic heterocycles. The predicted molar refractivity (Wildman–Crippen MR) is 126 cm³/mol. The summed E-state index contributed by atoms with van der Waals surface area (Å²) in [4.78, 5) is 16.5. The molecule has 1 atom stereocenters. The van der Waals surface area contributed by atoms with Gasteiger partial charge in [0, 0.05) is 29.8 Å². The number of halogens is 2. The molecule has 4 rings (SSSR count). The van der Waals surface area contributed by atoms with Crippen molar-refractivity contribution in [2.45, 2.75) is 38.0 Å². The van der Waals surface area contributed by atoms with Crippen LogP contribution in [0.5, 0.6) is 0 Å². The fourth-order valence-electron chi connectivity index (χ4n) is 4.74. The van der Waals surface area contributed by atoms with Gasteiger partial charge in [-0.25, -0.2) is 8.78 Å². The summed E-state index contributed by atoms with van der Waals surface area (Å²) in [7, 11) is 0. The molecule has 1 fully saturated rings. The van der Waals surface area contributed by atoms with Crippen LogP contribution in [0.3, 0.4) is 0 Å². The van der Waals surface area contributed by atoms with E-state index in [0.29, 0.717) is 6.54 Å². The molecule has 0 radical (unpaired) electrons. The molecule has 1 saturated carbocycles. The maximum absolute atomic E-state index is 13.5. The van der Waals surface area contributed by atoms with E-state index in [4.69, 9.17) is 0 Å². The molecule has 2 aromatic carbocycles. The minimum absolute atomic E-state index is 0.128. The third-order valence-electron chi connectivity index (χ3n) is 6.67. The largest absolute Gasteiger partial charge is 0.353 e. The van der Waals surface area contributed by atoms with Gasteiger partial charge in [-0.15, -0.1) is 0 Å². The number of aromatic nitrogens is 1. The van der Waals surface area contributed by atoms with Crippen LogP contribution in [-0.2, 0) is 16.6 Å². The van der Waals surface area contributed by atoms with E-state index in [-0.39, 0.29) is 23.0 Å². The molecule has 1 aliphatic carbocycles. The third-order valence-corrected chi connectivity index (χ3v) is 6.67. The zero-order chi connectivity index (χ0) is 23.3. The fourth-order valence-corrected chi connectivity index (χ4v) is 4.74. The zero-order valence-electron chi connectivity index (χ0n) is 18.7. The molecule has 0 bridgehead atoms. The highest BCUT2D eigenvalue weighted by molar-refractivity contribution is 5.87. The number of carbonyl (C=O) groups excluding carboxylic acids is 1. The van der Waals surface area contributed by atoms with Crippen molar-refractivity contribution in [3.05, 3.63) is 114 Å². The van der Waals surface area contributed by atoms with Crippen molar-refractivity contribution in [2.24, 2.45) is 5.41 Å². The summed E-state index contributed by atoms with van der Waals surface area (Å²) in [6.07, 6.45) is 10.7. The SMILES string of the molecule is CC1(/C=C/C(=O)NCCCCc2cccnc2)CC1(c1ccc(F)cc1)c1ccc(F)cc1. The van der Waals surface area contributed by atoms with Gasteiger partial charge in [0.1, 0.15) is 11.6 Å². The maximum atomic E-state index is 13.5. The van der Waals surface area contributed by atoms with Gasteiger partial charge in [-0.2, -0.15) is 0 Å². The van der Waals surface area contributed by atoms with Crippen LogP contribution < -0.4 is 5.32 Å². The molecule has 170 valence electrons. The number of pyridine rings is 1. The summed E-state index contributed by atoms with van der Waals surface area (Å²) in [6.45, 7) is 2.69. The Morgan fingerprint density at radius 1 is 1.00 bits per heavy atom. The number of carbonyl (C=O) groups is 1. The van der Waals surface area contributed by atoms with E-state index in [1.165, 1.54) is 29.8 Å². The number of nitrogens with one attached hydrogen (secondary N) is 1. The van der Waals surface area contributed by atoms with Gasteiger partial charge in [0.2, 0.25) is 5.91 Å². The minimum atomic E-state index is -0.422. The first-order valence-electron chi connectivity index (χ1n) is 11.3. The second kappa shape index (κ2) is 9.65. The lowest BCUT2D eigenvalue weighted by atomic mass is 9.80. The number of hydrogen-bond acceptors (Lipinski definition) is 2. The number of benzene rings is 2. The molecule has 3 aromatic rings. The molecule has 1 unspecified atom stereocenters. The van der Waals surface area contributed by atoms with E-state index in [1.54, 1.807) is 36.5 Å². The van der Waals surface area contributed by atoms with Gasteiger partial charge >= 0.3 is 0 Å². The Morgan fingerprint density at radius 3 is 2.21 bits per heavy atom. The number of rotatable bonds is 9. The summed E-state index contributed by atoms with van der Waals surface area (Å²) in [5.74, 6) is -0.723. The number of allylic oxidation sites excluding steroid dienone is 1. The average Bonchev–Trinajstić information content (AvgIpc) is 3.45. The zero-order valence-corrected chi connectivity index (χ0v) is 18.7. The van der Waals surface area contributed by atoms with E-state index in [9.17, 15) is 13.6 Å². The highest BCUT2D eigenvalue weighted by Crippen LogP contribution is 2.68. The molecule has 0 spiro atoms. The van der Waals surface area contributed by atoms with Crippen LogP contribution in [0.1, 0.15) is 42.9 Å². The van der Waals surface area contributed by atoms with E-state index in [1.807, 2.05) is 18.3 Å². The van der Waals surface area contributed by atoms with Crippen LogP contribution in [0.15, 0.2) is 85.2 Å². The van der Waals surface area contributed by atoms with Gasteiger partial charge in [0.25, 0.3) is 0 Å². The number of nitrogens with zero attached hydrogens (tertiary/aromatic N) is 1. The topological polar surface area (TPSA) is 42.0 Å². The molecule has 5 heteroatoms. The molecule has 1 aliphatic rings. The quantitative estimate of drug-likeness (QED) is 0.336. The Labute approximate surface area is 193 Å². The first kappa shape index (κ1) is 22.8. The molecular formula is C28H28F2N2O. The van der Waals surface area contributed by atoms with Crippen molar-refractivity contribution < 1.29 is 13.6 Å². The Morgan fingerprint density at radius 2 is 1.64 bits per heavy atom. The molecule has 3 nitrogen and oxygen atoms in total. The van der Waals surface area contributed by atoms with Gasteiger partial charge in [-0.05, 0) is 78.8 Å². The number of hydrogen-bond donors (Lipinski definition) is 1. The smallest absolute Gasteiger partial charge is 0.243 e. The Bertz CT molecular complexity index is 1070. The Balaban J connectivity index is 1.39. The van der Waals surface area contributed by atoms with Crippen molar-refractivity contribution in [3.8, 4) is 0 Å². The van der Waals surface area contributed by atoms with Gasteiger partial charge < -0.3 is 5.32 Å². The predicted octanol–water partition coefficient (Wildman–Crippen LogP) is 5.75. The number of amides is 1. The van der Waals surface area contributed by atoms with Gasteiger partial charge in [-0.1, -0.05) is 43.3 Å². The first-order chi connectivity index (χ1) is 15.9. The highest BCUT2D eigenvalue weighted by Gasteiger charge is 2.64. The molecule has 33 heavy (non-hydrogen) atoms. The maximum Gasteiger partial charge on any atom is 0.243 e. The molecule has 1 heterocycles. The number of unbranched alkanes of at least 4 members (excludes halogenated alkanes) is 1. The van der Waals surface area contributed by atoms with Gasteiger partial charge in [0.15, 0.2) is 0 Å². The highest BCUT2D eigenvalue weighted by atomic mass is 19.1. The molecule has 0 saturated heterocycles. The standard InChI is InChI=1S/C28H28F2N2O/c1-27(16-15-26(33)32-18-3-2-5-21-6-4-17-31-19-21)20-28(27,22-7-11-24(29)12-8-22)23-9-13-25(30)14-10-23/h4,6-17,19H,2-3,5,18,20H2,1H3,(H,32,33)/b16-15+. The molecule has 1 N–H and O–H groups in total. The van der Waals surface area contributed by atoms with Crippen molar-refractivity contribution in [1.82, 2.24) is 10.3 Å². The van der Waals surface area contributed by atoms with Crippen LogP contribution >= 0.6 is 0 Å². The lowest BCUT2D eigenvalue weighted by molar-refractivity contribution is -0.116. The summed E-state index contributed by atoms with van der Waals surface area (Å²) in [5, 5.41) is 2.95. The van der Waals surface area contributed by atoms with Gasteiger partial charge in [-0.3, -0.25) is 9.78 Å². The summed E-state index contributed by atoms with van der Waals surface area (Å²) in [6, 6.07) is 16.9. The van der Waals surface area contributed by atoms with Crippen LogP contribution in [0.25, 0.3) is 0 Å². The summed E-state index contributed by atoms with van der Waals surface area (Å²) in [5.41, 5.74) is 2.36. The average molecular weight is 447 g/mol. The fraction of sp³-hybridized carbons (Fsp3) is 0.286. The lowest BCUT2D eigenvalue weighted by Crippen LogP contribution is -2.23. The van der Waals surface area contributed by atoms with Crippen LogP contribution in [0.2, 0.25) is 0 Å². The normalized spacial score (nSPS) is 18.9. The van der Waals surface area contributed by atoms with Gasteiger partial charge in [0.05, 0.1) is 0 Å². The second-order valence-electron chi connectivity index (χ2n) is 8.96. The Hall–Kier alpha value is -3.34. The number of aryl methyl sites for hydroxylation is 1. The van der Waals surface area contributed by atoms with Crippen LogP contribution in [0, 0.1) is 17.0 Å². The van der Waals surface area contributed by atoms with E-state index >= 15 is 0 Å². The summed E-state index contributed by atoms with van der Waals surface area (Å²) >= 11 is 0. The first-order valence-corrected chi connectivity index (χ1v) is 11.3. The third kappa shape index (κ3) is 5.03.